The van der Waals surface area contributed by atoms with Gasteiger partial charge in [-0.2, -0.15) is 0 Å². The van der Waals surface area contributed by atoms with E-state index in [2.05, 4.69) is 146 Å². The molecule has 11 rings (SSSR count). The summed E-state index contributed by atoms with van der Waals surface area (Å²) in [5.41, 5.74) is 11.7. The van der Waals surface area contributed by atoms with Crippen LogP contribution in [0.1, 0.15) is 0 Å². The first-order chi connectivity index (χ1) is 28.2. The molecule has 0 aliphatic heterocycles. The molecule has 0 spiro atoms. The Morgan fingerprint density at radius 2 is 0.825 bits per heavy atom. The summed E-state index contributed by atoms with van der Waals surface area (Å²) >= 11 is 0. The summed E-state index contributed by atoms with van der Waals surface area (Å²) in [5, 5.41) is 5.31. The average molecular weight is 729 g/mol. The van der Waals surface area contributed by atoms with E-state index in [9.17, 15) is 0 Å². The standard InChI is InChI=1S/C52H32N4O/c1-3-13-33(14-4-1)34-25-27-37(28-26-34)51-54-50(36-16-5-2-6-17-36)55-52(56-51)41-21-12-19-39(32-41)38-18-11-20-40(31-38)47-46-43-23-9-10-24-45(43)57-49(46)44-30-29-35-15-7-8-22-42(35)48(44)53-47/h1-32H. The number of fused-ring (bicyclic) bond motifs is 7. The van der Waals surface area contributed by atoms with Crippen molar-refractivity contribution in [1.29, 1.82) is 0 Å². The summed E-state index contributed by atoms with van der Waals surface area (Å²) in [5.74, 6) is 1.86. The van der Waals surface area contributed by atoms with Crippen molar-refractivity contribution in [2.24, 2.45) is 0 Å². The fourth-order valence-electron chi connectivity index (χ4n) is 7.88. The molecule has 5 heteroatoms. The van der Waals surface area contributed by atoms with Gasteiger partial charge in [-0.25, -0.2) is 19.9 Å². The molecule has 0 amide bonds. The molecule has 0 aliphatic rings. The SMILES string of the molecule is c1ccc(-c2ccc(-c3nc(-c4ccccc4)nc(-c4cccc(-c5cccc(-c6nc7c8ccccc8ccc7c7oc8ccccc8c67)c5)c4)n3)cc2)cc1. The van der Waals surface area contributed by atoms with Crippen LogP contribution in [0.3, 0.4) is 0 Å². The van der Waals surface area contributed by atoms with Gasteiger partial charge in [0.1, 0.15) is 11.2 Å². The van der Waals surface area contributed by atoms with E-state index in [-0.39, 0.29) is 0 Å². The molecular weight excluding hydrogens is 697 g/mol. The Hall–Kier alpha value is -7.76. The molecule has 3 aromatic heterocycles. The van der Waals surface area contributed by atoms with Crippen molar-refractivity contribution >= 4 is 43.6 Å². The minimum absolute atomic E-state index is 0.610. The molecule has 11 aromatic rings. The van der Waals surface area contributed by atoms with Gasteiger partial charge in [-0.3, -0.25) is 0 Å². The second-order valence-electron chi connectivity index (χ2n) is 14.2. The van der Waals surface area contributed by atoms with E-state index in [4.69, 9.17) is 24.4 Å². The predicted molar refractivity (Wildman–Crippen MR) is 233 cm³/mol. The van der Waals surface area contributed by atoms with Crippen molar-refractivity contribution in [3.8, 4) is 67.7 Å². The van der Waals surface area contributed by atoms with Gasteiger partial charge in [-0.1, -0.05) is 170 Å². The summed E-state index contributed by atoms with van der Waals surface area (Å²) in [6, 6.07) is 66.8. The van der Waals surface area contributed by atoms with Crippen LogP contribution in [0.2, 0.25) is 0 Å². The number of aromatic nitrogens is 4. The molecule has 0 radical (unpaired) electrons. The first kappa shape index (κ1) is 32.7. The van der Waals surface area contributed by atoms with Crippen LogP contribution in [0.4, 0.5) is 0 Å². The van der Waals surface area contributed by atoms with Gasteiger partial charge in [0.25, 0.3) is 0 Å². The van der Waals surface area contributed by atoms with Gasteiger partial charge in [0.05, 0.1) is 16.6 Å². The Kier molecular flexibility index (Phi) is 7.74. The largest absolute Gasteiger partial charge is 0.455 e. The molecule has 3 heterocycles. The Labute approximate surface area is 328 Å². The molecule has 0 aliphatic carbocycles. The fourth-order valence-corrected chi connectivity index (χ4v) is 7.88. The van der Waals surface area contributed by atoms with Crippen LogP contribution >= 0.6 is 0 Å². The summed E-state index contributed by atoms with van der Waals surface area (Å²) in [6.07, 6.45) is 0. The maximum Gasteiger partial charge on any atom is 0.164 e. The molecule has 0 atom stereocenters. The number of rotatable bonds is 6. The second-order valence-corrected chi connectivity index (χ2v) is 14.2. The number of furan rings is 1. The summed E-state index contributed by atoms with van der Waals surface area (Å²) in [4.78, 5) is 20.5. The number of para-hydroxylation sites is 1. The Morgan fingerprint density at radius 1 is 0.316 bits per heavy atom. The molecular formula is C52H32N4O. The van der Waals surface area contributed by atoms with Gasteiger partial charge in [-0.15, -0.1) is 0 Å². The first-order valence-corrected chi connectivity index (χ1v) is 19.0. The molecule has 0 bridgehead atoms. The molecule has 0 fully saturated rings. The summed E-state index contributed by atoms with van der Waals surface area (Å²) in [6.45, 7) is 0. The van der Waals surface area contributed by atoms with E-state index >= 15 is 0 Å². The highest BCUT2D eigenvalue weighted by Crippen LogP contribution is 2.42. The predicted octanol–water partition coefficient (Wildman–Crippen LogP) is 13.5. The Bertz CT molecular complexity index is 3280. The highest BCUT2D eigenvalue weighted by molar-refractivity contribution is 6.22. The molecule has 5 nitrogen and oxygen atoms in total. The molecule has 0 saturated carbocycles. The smallest absolute Gasteiger partial charge is 0.164 e. The zero-order valence-electron chi connectivity index (χ0n) is 30.7. The van der Waals surface area contributed by atoms with Crippen LogP contribution in [0, 0.1) is 0 Å². The highest BCUT2D eigenvalue weighted by Gasteiger charge is 2.20. The average Bonchev–Trinajstić information content (AvgIpc) is 3.69. The fraction of sp³-hybridized carbons (Fsp3) is 0. The summed E-state index contributed by atoms with van der Waals surface area (Å²) < 4.78 is 6.61. The Morgan fingerprint density at radius 3 is 1.56 bits per heavy atom. The maximum atomic E-state index is 6.61. The number of pyridine rings is 1. The minimum atomic E-state index is 0.610. The van der Waals surface area contributed by atoms with Crippen LogP contribution in [-0.4, -0.2) is 19.9 Å². The lowest BCUT2D eigenvalue weighted by molar-refractivity contribution is 0.672. The highest BCUT2D eigenvalue weighted by atomic mass is 16.3. The zero-order chi connectivity index (χ0) is 37.7. The third-order valence-corrected chi connectivity index (χ3v) is 10.7. The maximum absolute atomic E-state index is 6.61. The van der Waals surface area contributed by atoms with Crippen LogP contribution in [0.15, 0.2) is 199 Å². The van der Waals surface area contributed by atoms with Gasteiger partial charge < -0.3 is 4.42 Å². The lowest BCUT2D eigenvalue weighted by Crippen LogP contribution is -2.00. The van der Waals surface area contributed by atoms with Gasteiger partial charge >= 0.3 is 0 Å². The molecule has 266 valence electrons. The number of benzene rings is 8. The van der Waals surface area contributed by atoms with Crippen molar-refractivity contribution in [2.45, 2.75) is 0 Å². The van der Waals surface area contributed by atoms with Crippen LogP contribution < -0.4 is 0 Å². The van der Waals surface area contributed by atoms with Gasteiger partial charge in [0.15, 0.2) is 17.5 Å². The number of hydrogen-bond acceptors (Lipinski definition) is 5. The Balaban J connectivity index is 1.04. The van der Waals surface area contributed by atoms with Crippen LogP contribution in [0.25, 0.3) is 111 Å². The minimum Gasteiger partial charge on any atom is -0.455 e. The quantitative estimate of drug-likeness (QED) is 0.160. The van der Waals surface area contributed by atoms with Crippen molar-refractivity contribution < 1.29 is 4.42 Å². The lowest BCUT2D eigenvalue weighted by Gasteiger charge is -2.12. The topological polar surface area (TPSA) is 64.7 Å². The lowest BCUT2D eigenvalue weighted by atomic mass is 9.96. The number of hydrogen-bond donors (Lipinski definition) is 0. The van der Waals surface area contributed by atoms with E-state index in [0.717, 1.165) is 88.3 Å². The summed E-state index contributed by atoms with van der Waals surface area (Å²) in [7, 11) is 0. The van der Waals surface area contributed by atoms with E-state index in [1.54, 1.807) is 0 Å². The normalized spacial score (nSPS) is 11.5. The van der Waals surface area contributed by atoms with Crippen molar-refractivity contribution in [2.75, 3.05) is 0 Å². The van der Waals surface area contributed by atoms with E-state index in [1.165, 1.54) is 5.56 Å². The van der Waals surface area contributed by atoms with E-state index in [0.29, 0.717) is 17.5 Å². The molecule has 8 aromatic carbocycles. The first-order valence-electron chi connectivity index (χ1n) is 19.0. The molecule has 0 N–H and O–H groups in total. The van der Waals surface area contributed by atoms with Crippen molar-refractivity contribution in [3.63, 3.8) is 0 Å². The molecule has 0 saturated heterocycles. The number of nitrogens with zero attached hydrogens (tertiary/aromatic N) is 4. The third kappa shape index (κ3) is 5.81. The van der Waals surface area contributed by atoms with Gasteiger partial charge in [0, 0.05) is 38.4 Å². The van der Waals surface area contributed by atoms with Crippen LogP contribution in [0.5, 0.6) is 0 Å². The van der Waals surface area contributed by atoms with Crippen molar-refractivity contribution in [3.05, 3.63) is 194 Å². The molecule has 57 heavy (non-hydrogen) atoms. The van der Waals surface area contributed by atoms with Crippen molar-refractivity contribution in [1.82, 2.24) is 19.9 Å². The van der Waals surface area contributed by atoms with Gasteiger partial charge in [-0.05, 0) is 51.9 Å². The van der Waals surface area contributed by atoms with E-state index in [1.807, 2.05) is 48.5 Å². The van der Waals surface area contributed by atoms with Crippen LogP contribution in [-0.2, 0) is 0 Å². The third-order valence-electron chi connectivity index (χ3n) is 10.7. The van der Waals surface area contributed by atoms with E-state index < -0.39 is 0 Å². The second kappa shape index (κ2) is 13.5. The zero-order valence-corrected chi connectivity index (χ0v) is 30.7. The molecule has 0 unspecified atom stereocenters. The van der Waals surface area contributed by atoms with Gasteiger partial charge in [0.2, 0.25) is 0 Å². The monoisotopic (exact) mass is 728 g/mol.